The van der Waals surface area contributed by atoms with Gasteiger partial charge in [0, 0.05) is 31.1 Å². The highest BCUT2D eigenvalue weighted by molar-refractivity contribution is 5.93. The standard InChI is InChI=1S/C19H24O5/c1-8(2)9-4-11-10(12(20)5-9)6-13(21)17-16-14(7-19(17,3)23)24-18(22)15(11)16/h9-11,14-17,23H,1,4-7H2,2-3H3/t9-,10+,11-,14+,15-,16-,17+,19-/m0/s1. The molecule has 130 valence electrons. The van der Waals surface area contributed by atoms with Gasteiger partial charge >= 0.3 is 5.97 Å². The molecule has 3 aliphatic carbocycles. The lowest BCUT2D eigenvalue weighted by molar-refractivity contribution is -0.148. The van der Waals surface area contributed by atoms with Crippen LogP contribution >= 0.6 is 0 Å². The fraction of sp³-hybridized carbons (Fsp3) is 0.737. The Labute approximate surface area is 141 Å². The molecule has 0 aromatic rings. The van der Waals surface area contributed by atoms with E-state index in [1.165, 1.54) is 0 Å². The predicted molar refractivity (Wildman–Crippen MR) is 84.7 cm³/mol. The van der Waals surface area contributed by atoms with E-state index in [2.05, 4.69) is 6.58 Å². The Balaban J connectivity index is 1.78. The average Bonchev–Trinajstić information content (AvgIpc) is 2.83. The number of carbonyl (C=O) groups excluding carboxylic acids is 3. The number of aliphatic hydroxyl groups is 1. The first-order valence-electron chi connectivity index (χ1n) is 8.84. The largest absolute Gasteiger partial charge is 0.462 e. The second kappa shape index (κ2) is 5.01. The molecule has 0 radical (unpaired) electrons. The molecule has 4 aliphatic rings. The van der Waals surface area contributed by atoms with Gasteiger partial charge in [0.15, 0.2) is 0 Å². The second-order valence-electron chi connectivity index (χ2n) is 8.51. The van der Waals surface area contributed by atoms with Gasteiger partial charge in [-0.2, -0.15) is 0 Å². The van der Waals surface area contributed by atoms with Crippen LogP contribution in [0.15, 0.2) is 12.2 Å². The summed E-state index contributed by atoms with van der Waals surface area (Å²) in [5.41, 5.74) is -0.203. The van der Waals surface area contributed by atoms with E-state index in [0.29, 0.717) is 19.3 Å². The third-order valence-corrected chi connectivity index (χ3v) is 6.91. The number of carbonyl (C=O) groups is 3. The quantitative estimate of drug-likeness (QED) is 0.584. The zero-order valence-corrected chi connectivity index (χ0v) is 14.2. The Morgan fingerprint density at radius 3 is 2.62 bits per heavy atom. The Kier molecular flexibility index (Phi) is 3.34. The first kappa shape index (κ1) is 16.0. The molecule has 1 heterocycles. The molecule has 4 rings (SSSR count). The van der Waals surface area contributed by atoms with Crippen LogP contribution in [0.5, 0.6) is 0 Å². The molecule has 1 N–H and O–H groups in total. The molecule has 5 nitrogen and oxygen atoms in total. The molecular formula is C19H24O5. The number of ether oxygens (including phenoxy) is 1. The maximum absolute atomic E-state index is 12.9. The number of hydrogen-bond donors (Lipinski definition) is 1. The Bertz CT molecular complexity index is 648. The van der Waals surface area contributed by atoms with Gasteiger partial charge in [-0.3, -0.25) is 14.4 Å². The molecule has 0 bridgehead atoms. The fourth-order valence-corrected chi connectivity index (χ4v) is 5.86. The van der Waals surface area contributed by atoms with Crippen LogP contribution in [0.2, 0.25) is 0 Å². The van der Waals surface area contributed by atoms with Gasteiger partial charge in [0.05, 0.1) is 17.4 Å². The zero-order chi connectivity index (χ0) is 17.4. The predicted octanol–water partition coefficient (Wildman–Crippen LogP) is 1.68. The number of esters is 1. The van der Waals surface area contributed by atoms with E-state index in [0.717, 1.165) is 5.57 Å². The van der Waals surface area contributed by atoms with Crippen LogP contribution in [0, 0.1) is 35.5 Å². The second-order valence-corrected chi connectivity index (χ2v) is 8.51. The molecule has 0 unspecified atom stereocenters. The molecule has 3 saturated carbocycles. The first-order valence-corrected chi connectivity index (χ1v) is 8.84. The Hall–Kier alpha value is -1.49. The van der Waals surface area contributed by atoms with Gasteiger partial charge in [0.25, 0.3) is 0 Å². The van der Waals surface area contributed by atoms with Crippen molar-refractivity contribution in [2.45, 2.75) is 51.2 Å². The van der Waals surface area contributed by atoms with Crippen LogP contribution < -0.4 is 0 Å². The van der Waals surface area contributed by atoms with Crippen LogP contribution in [0.25, 0.3) is 0 Å². The molecule has 1 aliphatic heterocycles. The maximum Gasteiger partial charge on any atom is 0.309 e. The summed E-state index contributed by atoms with van der Waals surface area (Å²) < 4.78 is 5.53. The van der Waals surface area contributed by atoms with Gasteiger partial charge in [-0.15, -0.1) is 0 Å². The third-order valence-electron chi connectivity index (χ3n) is 6.91. The SMILES string of the molecule is C=C(C)[C@@H]1CC(=O)[C@@H]2CC(=O)[C@@H]3[C@@H]4[C@@H](C(=O)O[C@@H]4C[C@]3(C)O)[C@H]2C1. The number of fused-ring (bicyclic) bond motifs is 2. The molecule has 24 heavy (non-hydrogen) atoms. The minimum Gasteiger partial charge on any atom is -0.462 e. The molecular weight excluding hydrogens is 308 g/mol. The molecule has 4 fully saturated rings. The number of hydrogen-bond acceptors (Lipinski definition) is 5. The van der Waals surface area contributed by atoms with Gasteiger partial charge in [0.2, 0.25) is 0 Å². The average molecular weight is 332 g/mol. The topological polar surface area (TPSA) is 80.7 Å². The molecule has 0 aromatic carbocycles. The van der Waals surface area contributed by atoms with Crippen LogP contribution in [0.4, 0.5) is 0 Å². The summed E-state index contributed by atoms with van der Waals surface area (Å²) >= 11 is 0. The van der Waals surface area contributed by atoms with Crippen molar-refractivity contribution >= 4 is 17.5 Å². The van der Waals surface area contributed by atoms with Crippen LogP contribution in [0.3, 0.4) is 0 Å². The molecule has 0 aromatic heterocycles. The first-order chi connectivity index (χ1) is 11.2. The van der Waals surface area contributed by atoms with Gasteiger partial charge < -0.3 is 9.84 Å². The minimum absolute atomic E-state index is 0.0588. The van der Waals surface area contributed by atoms with Gasteiger partial charge in [-0.1, -0.05) is 12.2 Å². The number of allylic oxidation sites excluding steroid dienone is 1. The number of ketones is 2. The minimum atomic E-state index is -1.16. The molecule has 0 spiro atoms. The molecule has 0 amide bonds. The Morgan fingerprint density at radius 1 is 1.25 bits per heavy atom. The highest BCUT2D eigenvalue weighted by Gasteiger charge is 2.66. The summed E-state index contributed by atoms with van der Waals surface area (Å²) in [5, 5.41) is 10.7. The van der Waals surface area contributed by atoms with Crippen LogP contribution in [-0.4, -0.2) is 34.3 Å². The van der Waals surface area contributed by atoms with Gasteiger partial charge in [0.1, 0.15) is 17.7 Å². The lowest BCUT2D eigenvalue weighted by atomic mass is 9.64. The number of Topliss-reactive ketones (excluding diaryl/α,β-unsaturated/α-hetero) is 2. The molecule has 1 saturated heterocycles. The van der Waals surface area contributed by atoms with Gasteiger partial charge in [-0.25, -0.2) is 0 Å². The Morgan fingerprint density at radius 2 is 1.96 bits per heavy atom. The lowest BCUT2D eigenvalue weighted by Gasteiger charge is -2.37. The summed E-state index contributed by atoms with van der Waals surface area (Å²) in [5.74, 6) is -2.15. The van der Waals surface area contributed by atoms with Crippen molar-refractivity contribution in [2.24, 2.45) is 35.5 Å². The highest BCUT2D eigenvalue weighted by atomic mass is 16.6. The fourth-order valence-electron chi connectivity index (χ4n) is 5.86. The van der Waals surface area contributed by atoms with Crippen molar-refractivity contribution in [1.29, 1.82) is 0 Å². The van der Waals surface area contributed by atoms with Crippen LogP contribution in [0.1, 0.15) is 39.5 Å². The normalized spacial score (nSPS) is 50.1. The van der Waals surface area contributed by atoms with E-state index in [1.807, 2.05) is 6.92 Å². The summed E-state index contributed by atoms with van der Waals surface area (Å²) in [6, 6.07) is 0. The smallest absolute Gasteiger partial charge is 0.309 e. The van der Waals surface area contributed by atoms with E-state index in [4.69, 9.17) is 4.74 Å². The van der Waals surface area contributed by atoms with Gasteiger partial charge in [-0.05, 0) is 32.1 Å². The van der Waals surface area contributed by atoms with Crippen molar-refractivity contribution < 1.29 is 24.2 Å². The van der Waals surface area contributed by atoms with E-state index in [1.54, 1.807) is 6.92 Å². The highest BCUT2D eigenvalue weighted by Crippen LogP contribution is 2.58. The third kappa shape index (κ3) is 2.06. The molecule has 8 atom stereocenters. The van der Waals surface area contributed by atoms with E-state index < -0.39 is 29.5 Å². The van der Waals surface area contributed by atoms with Crippen LogP contribution in [-0.2, 0) is 19.1 Å². The summed E-state index contributed by atoms with van der Waals surface area (Å²) in [6.07, 6.45) is 1.18. The lowest BCUT2D eigenvalue weighted by Crippen LogP contribution is -2.41. The summed E-state index contributed by atoms with van der Waals surface area (Å²) in [6.45, 7) is 7.56. The zero-order valence-electron chi connectivity index (χ0n) is 14.2. The maximum atomic E-state index is 12.9. The van der Waals surface area contributed by atoms with E-state index in [-0.39, 0.29) is 41.7 Å². The van der Waals surface area contributed by atoms with Crippen molar-refractivity contribution in [3.8, 4) is 0 Å². The number of rotatable bonds is 1. The molecule has 5 heteroatoms. The van der Waals surface area contributed by atoms with Crippen molar-refractivity contribution in [3.63, 3.8) is 0 Å². The van der Waals surface area contributed by atoms with Crippen molar-refractivity contribution in [3.05, 3.63) is 12.2 Å². The van der Waals surface area contributed by atoms with E-state index >= 15 is 0 Å². The summed E-state index contributed by atoms with van der Waals surface area (Å²) in [4.78, 5) is 38.1. The monoisotopic (exact) mass is 332 g/mol. The van der Waals surface area contributed by atoms with Crippen molar-refractivity contribution in [1.82, 2.24) is 0 Å². The summed E-state index contributed by atoms with van der Waals surface area (Å²) in [7, 11) is 0. The van der Waals surface area contributed by atoms with E-state index in [9.17, 15) is 19.5 Å². The van der Waals surface area contributed by atoms with Crippen molar-refractivity contribution in [2.75, 3.05) is 0 Å².